The van der Waals surface area contributed by atoms with Crippen LogP contribution >= 0.6 is 0 Å². The van der Waals surface area contributed by atoms with E-state index in [4.69, 9.17) is 4.74 Å². The fourth-order valence-corrected chi connectivity index (χ4v) is 4.91. The van der Waals surface area contributed by atoms with Crippen LogP contribution in [0.15, 0.2) is 72.8 Å². The van der Waals surface area contributed by atoms with Crippen molar-refractivity contribution in [2.45, 2.75) is 32.5 Å². The molecular formula is C31H39N3O3. The highest BCUT2D eigenvalue weighted by Gasteiger charge is 2.34. The average molecular weight is 502 g/mol. The number of anilines is 1. The Morgan fingerprint density at radius 2 is 1.65 bits per heavy atom. The van der Waals surface area contributed by atoms with Gasteiger partial charge in [-0.3, -0.25) is 9.69 Å². The van der Waals surface area contributed by atoms with Crippen molar-refractivity contribution in [1.82, 2.24) is 9.80 Å². The van der Waals surface area contributed by atoms with Crippen molar-refractivity contribution in [3.05, 3.63) is 83.9 Å². The van der Waals surface area contributed by atoms with Crippen LogP contribution in [-0.2, 0) is 6.54 Å². The molecule has 0 saturated heterocycles. The number of aliphatic hydroxyl groups is 1. The molecule has 0 spiro atoms. The molecule has 6 heteroatoms. The first-order chi connectivity index (χ1) is 17.8. The predicted molar refractivity (Wildman–Crippen MR) is 150 cm³/mol. The van der Waals surface area contributed by atoms with Crippen molar-refractivity contribution in [3.8, 4) is 16.9 Å². The molecule has 1 amide bonds. The normalized spacial score (nSPS) is 18.6. The molecule has 0 saturated carbocycles. The first-order valence-corrected chi connectivity index (χ1v) is 13.0. The molecule has 0 aliphatic carbocycles. The standard InChI is InChI=1S/C31H39N3O3/c1-22-18-34(23(2)21-35)31(36)27-12-9-13-28(32(3)4)30(27)37-29(22)20-33(5)19-24-14-16-26(17-15-24)25-10-7-6-8-11-25/h6-17,22-23,29,35H,18-21H2,1-5H3/t22-,23-,29-/m1/s1. The number of hydrogen-bond donors (Lipinski definition) is 1. The lowest BCUT2D eigenvalue weighted by Gasteiger charge is -2.39. The van der Waals surface area contributed by atoms with E-state index < -0.39 is 0 Å². The van der Waals surface area contributed by atoms with Crippen molar-refractivity contribution in [1.29, 1.82) is 0 Å². The largest absolute Gasteiger partial charge is 0.486 e. The quantitative estimate of drug-likeness (QED) is 0.482. The number of aliphatic hydroxyl groups excluding tert-OH is 1. The zero-order valence-corrected chi connectivity index (χ0v) is 22.6. The summed E-state index contributed by atoms with van der Waals surface area (Å²) in [4.78, 5) is 19.6. The Hall–Kier alpha value is -3.35. The van der Waals surface area contributed by atoms with Gasteiger partial charge in [-0.05, 0) is 42.8 Å². The molecule has 0 radical (unpaired) electrons. The number of carbonyl (C=O) groups excluding carboxylic acids is 1. The van der Waals surface area contributed by atoms with Gasteiger partial charge in [-0.2, -0.15) is 0 Å². The van der Waals surface area contributed by atoms with Crippen LogP contribution in [0.3, 0.4) is 0 Å². The summed E-state index contributed by atoms with van der Waals surface area (Å²) in [6, 6.07) is 24.5. The molecule has 1 N–H and O–H groups in total. The highest BCUT2D eigenvalue weighted by molar-refractivity contribution is 5.99. The van der Waals surface area contributed by atoms with Crippen LogP contribution in [0.1, 0.15) is 29.8 Å². The molecule has 3 atom stereocenters. The number of nitrogens with zero attached hydrogens (tertiary/aromatic N) is 3. The van der Waals surface area contributed by atoms with Crippen LogP contribution in [0, 0.1) is 5.92 Å². The Kier molecular flexibility index (Phi) is 8.52. The fourth-order valence-electron chi connectivity index (χ4n) is 4.91. The smallest absolute Gasteiger partial charge is 0.258 e. The monoisotopic (exact) mass is 501 g/mol. The maximum absolute atomic E-state index is 13.5. The van der Waals surface area contributed by atoms with Gasteiger partial charge < -0.3 is 19.6 Å². The number of fused-ring (bicyclic) bond motifs is 1. The van der Waals surface area contributed by atoms with Gasteiger partial charge in [-0.1, -0.05) is 67.6 Å². The van der Waals surface area contributed by atoms with E-state index in [1.807, 2.05) is 50.2 Å². The Morgan fingerprint density at radius 3 is 2.30 bits per heavy atom. The topological polar surface area (TPSA) is 56.3 Å². The Balaban J connectivity index is 1.55. The van der Waals surface area contributed by atoms with E-state index >= 15 is 0 Å². The molecule has 6 nitrogen and oxygen atoms in total. The van der Waals surface area contributed by atoms with E-state index in [1.165, 1.54) is 16.7 Å². The van der Waals surface area contributed by atoms with E-state index in [9.17, 15) is 9.90 Å². The minimum Gasteiger partial charge on any atom is -0.486 e. The number of amides is 1. The van der Waals surface area contributed by atoms with Crippen LogP contribution in [0.5, 0.6) is 5.75 Å². The molecule has 3 aromatic rings. The maximum atomic E-state index is 13.5. The van der Waals surface area contributed by atoms with Crippen molar-refractivity contribution in [3.63, 3.8) is 0 Å². The zero-order valence-electron chi connectivity index (χ0n) is 22.6. The van der Waals surface area contributed by atoms with E-state index in [0.717, 1.165) is 12.2 Å². The molecule has 1 aliphatic rings. The highest BCUT2D eigenvalue weighted by atomic mass is 16.5. The molecule has 37 heavy (non-hydrogen) atoms. The summed E-state index contributed by atoms with van der Waals surface area (Å²) < 4.78 is 6.67. The van der Waals surface area contributed by atoms with Gasteiger partial charge in [0.15, 0.2) is 5.75 Å². The van der Waals surface area contributed by atoms with Gasteiger partial charge in [0.2, 0.25) is 0 Å². The molecule has 1 heterocycles. The number of ether oxygens (including phenoxy) is 1. The van der Waals surface area contributed by atoms with Gasteiger partial charge in [-0.15, -0.1) is 0 Å². The summed E-state index contributed by atoms with van der Waals surface area (Å²) in [5.41, 5.74) is 5.08. The van der Waals surface area contributed by atoms with E-state index in [2.05, 4.69) is 67.4 Å². The lowest BCUT2D eigenvalue weighted by Crippen LogP contribution is -2.49. The molecule has 0 aromatic heterocycles. The first-order valence-electron chi connectivity index (χ1n) is 13.0. The molecule has 0 unspecified atom stereocenters. The van der Waals surface area contributed by atoms with E-state index in [1.54, 1.807) is 4.90 Å². The van der Waals surface area contributed by atoms with Gasteiger partial charge >= 0.3 is 0 Å². The summed E-state index contributed by atoms with van der Waals surface area (Å²) in [5.74, 6) is 0.589. The van der Waals surface area contributed by atoms with Crippen molar-refractivity contribution in [2.24, 2.45) is 5.92 Å². The number of benzene rings is 3. The van der Waals surface area contributed by atoms with Crippen LogP contribution in [-0.4, -0.2) is 73.8 Å². The van der Waals surface area contributed by atoms with Crippen molar-refractivity contribution < 1.29 is 14.6 Å². The number of carbonyl (C=O) groups is 1. The van der Waals surface area contributed by atoms with Crippen molar-refractivity contribution in [2.75, 3.05) is 45.7 Å². The highest BCUT2D eigenvalue weighted by Crippen LogP contribution is 2.36. The zero-order chi connectivity index (χ0) is 26.5. The van der Waals surface area contributed by atoms with Crippen LogP contribution < -0.4 is 9.64 Å². The third-order valence-electron chi connectivity index (χ3n) is 7.16. The minimum atomic E-state index is -0.273. The van der Waals surface area contributed by atoms with Crippen LogP contribution in [0.25, 0.3) is 11.1 Å². The molecular weight excluding hydrogens is 462 g/mol. The number of likely N-dealkylation sites (N-methyl/N-ethyl adjacent to an activating group) is 1. The number of hydrogen-bond acceptors (Lipinski definition) is 5. The van der Waals surface area contributed by atoms with Crippen LogP contribution in [0.2, 0.25) is 0 Å². The van der Waals surface area contributed by atoms with E-state index in [0.29, 0.717) is 24.4 Å². The fraction of sp³-hybridized carbons (Fsp3) is 0.387. The lowest BCUT2D eigenvalue weighted by atomic mass is 9.98. The van der Waals surface area contributed by atoms with Crippen molar-refractivity contribution >= 4 is 11.6 Å². The lowest BCUT2D eigenvalue weighted by molar-refractivity contribution is 0.0343. The van der Waals surface area contributed by atoms with Gasteiger partial charge in [0.1, 0.15) is 6.10 Å². The summed E-state index contributed by atoms with van der Waals surface area (Å²) in [7, 11) is 6.03. The SMILES string of the molecule is C[C@@H]1CN([C@H](C)CO)C(=O)c2cccc(N(C)C)c2O[C@@H]1CN(C)Cc1ccc(-c2ccccc2)cc1. The third kappa shape index (κ3) is 6.14. The van der Waals surface area contributed by atoms with Gasteiger partial charge in [0.05, 0.1) is 23.9 Å². The number of rotatable bonds is 8. The van der Waals surface area contributed by atoms with Gasteiger partial charge in [0.25, 0.3) is 5.91 Å². The van der Waals surface area contributed by atoms with Gasteiger partial charge in [-0.25, -0.2) is 0 Å². The minimum absolute atomic E-state index is 0.0734. The molecule has 196 valence electrons. The molecule has 1 aliphatic heterocycles. The summed E-state index contributed by atoms with van der Waals surface area (Å²) in [6.07, 6.45) is -0.130. The van der Waals surface area contributed by atoms with E-state index in [-0.39, 0.29) is 30.6 Å². The molecule has 3 aromatic carbocycles. The second-order valence-corrected chi connectivity index (χ2v) is 10.4. The summed E-state index contributed by atoms with van der Waals surface area (Å²) in [6.45, 7) is 5.96. The number of para-hydroxylation sites is 1. The second-order valence-electron chi connectivity index (χ2n) is 10.4. The Morgan fingerprint density at radius 1 is 0.973 bits per heavy atom. The second kappa shape index (κ2) is 11.8. The molecule has 0 fully saturated rings. The predicted octanol–water partition coefficient (Wildman–Crippen LogP) is 4.77. The molecule has 4 rings (SSSR count). The maximum Gasteiger partial charge on any atom is 0.258 e. The Labute approximate surface area is 221 Å². The van der Waals surface area contributed by atoms with Crippen LogP contribution in [0.4, 0.5) is 5.69 Å². The Bertz CT molecular complexity index is 1180. The average Bonchev–Trinajstić information content (AvgIpc) is 2.90. The first kappa shape index (κ1) is 26.7. The van der Waals surface area contributed by atoms with Gasteiger partial charge in [0, 0.05) is 39.6 Å². The third-order valence-corrected chi connectivity index (χ3v) is 7.16. The molecule has 0 bridgehead atoms. The summed E-state index contributed by atoms with van der Waals surface area (Å²) >= 11 is 0. The summed E-state index contributed by atoms with van der Waals surface area (Å²) in [5, 5.41) is 9.87.